The van der Waals surface area contributed by atoms with Crippen molar-refractivity contribution in [1.82, 2.24) is 0 Å². The van der Waals surface area contributed by atoms with Crippen molar-refractivity contribution in [2.45, 2.75) is 4.90 Å². The molecule has 6 nitrogen and oxygen atoms in total. The van der Waals surface area contributed by atoms with E-state index in [1.807, 2.05) is 0 Å². The second-order valence-corrected chi connectivity index (χ2v) is 6.16. The molecule has 0 aliphatic rings. The minimum Gasteiger partial charge on any atom is -0.409 e. The number of hydrogen-bond acceptors (Lipinski definition) is 4. The van der Waals surface area contributed by atoms with Crippen LogP contribution in [0.1, 0.15) is 5.56 Å². The first-order valence-corrected chi connectivity index (χ1v) is 7.65. The molecule has 0 saturated heterocycles. The smallest absolute Gasteiger partial charge is 0.263 e. The van der Waals surface area contributed by atoms with Gasteiger partial charge in [0.15, 0.2) is 5.84 Å². The summed E-state index contributed by atoms with van der Waals surface area (Å²) in [6.45, 7) is 0. The fourth-order valence-electron chi connectivity index (χ4n) is 1.64. The molecule has 0 fully saturated rings. The summed E-state index contributed by atoms with van der Waals surface area (Å²) in [6, 6.07) is 12.2. The molecule has 2 aromatic carbocycles. The molecule has 0 unspecified atom stereocenters. The molecular formula is C13H12ClN3O3S. The Morgan fingerprint density at radius 2 is 1.76 bits per heavy atom. The molecule has 0 saturated carbocycles. The number of rotatable bonds is 4. The van der Waals surface area contributed by atoms with Gasteiger partial charge in [-0.05, 0) is 36.4 Å². The van der Waals surface area contributed by atoms with E-state index in [1.165, 1.54) is 36.4 Å². The van der Waals surface area contributed by atoms with E-state index in [2.05, 4.69) is 9.88 Å². The summed E-state index contributed by atoms with van der Waals surface area (Å²) in [6.07, 6.45) is 0. The van der Waals surface area contributed by atoms with Gasteiger partial charge in [-0.2, -0.15) is 0 Å². The number of benzene rings is 2. The van der Waals surface area contributed by atoms with Gasteiger partial charge in [0.25, 0.3) is 10.0 Å². The highest BCUT2D eigenvalue weighted by molar-refractivity contribution is 7.92. The number of halogens is 1. The zero-order valence-electron chi connectivity index (χ0n) is 10.7. The third-order valence-corrected chi connectivity index (χ3v) is 4.55. The van der Waals surface area contributed by atoms with Gasteiger partial charge in [-0.1, -0.05) is 28.9 Å². The second-order valence-electron chi connectivity index (χ2n) is 4.10. The SMILES string of the molecule is N/C(=N/O)c1ccc(NS(=O)(=O)c2ccccc2Cl)cc1. The summed E-state index contributed by atoms with van der Waals surface area (Å²) in [7, 11) is -3.78. The van der Waals surface area contributed by atoms with Crippen LogP contribution in [0, 0.1) is 0 Å². The van der Waals surface area contributed by atoms with Crippen molar-refractivity contribution in [3.63, 3.8) is 0 Å². The van der Waals surface area contributed by atoms with Crippen molar-refractivity contribution in [3.05, 3.63) is 59.1 Å². The molecule has 0 amide bonds. The monoisotopic (exact) mass is 325 g/mol. The maximum atomic E-state index is 12.2. The molecule has 0 radical (unpaired) electrons. The standard InChI is InChI=1S/C13H12ClN3O3S/c14-11-3-1-2-4-12(11)21(19,20)17-10-7-5-9(6-8-10)13(15)16-18/h1-8,17-18H,(H2,15,16). The summed E-state index contributed by atoms with van der Waals surface area (Å²) >= 11 is 5.88. The van der Waals surface area contributed by atoms with Crippen molar-refractivity contribution in [2.75, 3.05) is 4.72 Å². The van der Waals surface area contributed by atoms with Crippen molar-refractivity contribution >= 4 is 33.1 Å². The van der Waals surface area contributed by atoms with Crippen LogP contribution >= 0.6 is 11.6 Å². The van der Waals surface area contributed by atoms with Crippen LogP contribution in [0.15, 0.2) is 58.6 Å². The molecule has 0 spiro atoms. The van der Waals surface area contributed by atoms with E-state index in [0.717, 1.165) is 0 Å². The average molecular weight is 326 g/mol. The fraction of sp³-hybridized carbons (Fsp3) is 0. The molecule has 4 N–H and O–H groups in total. The summed E-state index contributed by atoms with van der Waals surface area (Å²) in [4.78, 5) is -0.00724. The van der Waals surface area contributed by atoms with Gasteiger partial charge >= 0.3 is 0 Å². The Morgan fingerprint density at radius 1 is 1.14 bits per heavy atom. The van der Waals surface area contributed by atoms with Crippen LogP contribution in [-0.4, -0.2) is 19.5 Å². The minimum absolute atomic E-state index is 0.00724. The van der Waals surface area contributed by atoms with Gasteiger partial charge in [-0.25, -0.2) is 8.42 Å². The third kappa shape index (κ3) is 3.45. The van der Waals surface area contributed by atoms with E-state index < -0.39 is 10.0 Å². The number of anilines is 1. The minimum atomic E-state index is -3.78. The van der Waals surface area contributed by atoms with Crippen molar-refractivity contribution in [3.8, 4) is 0 Å². The van der Waals surface area contributed by atoms with E-state index in [4.69, 9.17) is 22.5 Å². The molecule has 0 heterocycles. The number of hydrogen-bond donors (Lipinski definition) is 3. The Labute approximate surface area is 126 Å². The predicted octanol–water partition coefficient (Wildman–Crippen LogP) is 2.24. The topological polar surface area (TPSA) is 105 Å². The van der Waals surface area contributed by atoms with Crippen LogP contribution < -0.4 is 10.5 Å². The van der Waals surface area contributed by atoms with E-state index in [9.17, 15) is 8.42 Å². The Hall–Kier alpha value is -2.25. The summed E-state index contributed by atoms with van der Waals surface area (Å²) in [5, 5.41) is 11.6. The van der Waals surface area contributed by atoms with Crippen molar-refractivity contribution in [2.24, 2.45) is 10.9 Å². The number of oxime groups is 1. The van der Waals surface area contributed by atoms with Crippen molar-refractivity contribution < 1.29 is 13.6 Å². The number of amidine groups is 1. The summed E-state index contributed by atoms with van der Waals surface area (Å²) < 4.78 is 26.8. The maximum Gasteiger partial charge on any atom is 0.263 e. The van der Waals surface area contributed by atoms with E-state index in [-0.39, 0.29) is 15.8 Å². The van der Waals surface area contributed by atoms with Crippen LogP contribution in [-0.2, 0) is 10.0 Å². The van der Waals surface area contributed by atoms with Gasteiger partial charge in [0.05, 0.1) is 5.02 Å². The highest BCUT2D eigenvalue weighted by atomic mass is 35.5. The zero-order chi connectivity index (χ0) is 15.5. The molecule has 110 valence electrons. The first kappa shape index (κ1) is 15.1. The first-order valence-electron chi connectivity index (χ1n) is 5.79. The van der Waals surface area contributed by atoms with Crippen LogP contribution in [0.4, 0.5) is 5.69 Å². The van der Waals surface area contributed by atoms with E-state index in [1.54, 1.807) is 12.1 Å². The molecule has 0 bridgehead atoms. The first-order chi connectivity index (χ1) is 9.94. The lowest BCUT2D eigenvalue weighted by Crippen LogP contribution is -2.15. The van der Waals surface area contributed by atoms with Gasteiger partial charge in [-0.3, -0.25) is 4.72 Å². The largest absolute Gasteiger partial charge is 0.409 e. The number of nitrogens with zero attached hydrogens (tertiary/aromatic N) is 1. The van der Waals surface area contributed by atoms with Crippen LogP contribution in [0.3, 0.4) is 0 Å². The average Bonchev–Trinajstić information content (AvgIpc) is 2.47. The lowest BCUT2D eigenvalue weighted by atomic mass is 10.2. The zero-order valence-corrected chi connectivity index (χ0v) is 12.3. The molecule has 2 rings (SSSR count). The van der Waals surface area contributed by atoms with Gasteiger partial charge in [-0.15, -0.1) is 0 Å². The maximum absolute atomic E-state index is 12.2. The Balaban J connectivity index is 2.28. The van der Waals surface area contributed by atoms with E-state index >= 15 is 0 Å². The third-order valence-electron chi connectivity index (χ3n) is 2.67. The fourth-order valence-corrected chi connectivity index (χ4v) is 3.22. The molecule has 0 aliphatic carbocycles. The Bertz CT molecular complexity index is 774. The van der Waals surface area contributed by atoms with Gasteiger partial charge < -0.3 is 10.9 Å². The lowest BCUT2D eigenvalue weighted by molar-refractivity contribution is 0.318. The highest BCUT2D eigenvalue weighted by Crippen LogP contribution is 2.23. The lowest BCUT2D eigenvalue weighted by Gasteiger charge is -2.09. The molecule has 0 aliphatic heterocycles. The van der Waals surface area contributed by atoms with Crippen LogP contribution in [0.25, 0.3) is 0 Å². The van der Waals surface area contributed by atoms with Crippen molar-refractivity contribution in [1.29, 1.82) is 0 Å². The molecule has 21 heavy (non-hydrogen) atoms. The number of nitrogens with one attached hydrogen (secondary N) is 1. The molecule has 8 heteroatoms. The number of sulfonamides is 1. The predicted molar refractivity (Wildman–Crippen MR) is 81.2 cm³/mol. The molecular weight excluding hydrogens is 314 g/mol. The summed E-state index contributed by atoms with van der Waals surface area (Å²) in [5.74, 6) is -0.0597. The van der Waals surface area contributed by atoms with Gasteiger partial charge in [0, 0.05) is 11.3 Å². The highest BCUT2D eigenvalue weighted by Gasteiger charge is 2.17. The molecule has 2 aromatic rings. The quantitative estimate of drug-likeness (QED) is 0.347. The van der Waals surface area contributed by atoms with Gasteiger partial charge in [0.1, 0.15) is 4.90 Å². The molecule has 0 atom stereocenters. The van der Waals surface area contributed by atoms with Crippen LogP contribution in [0.2, 0.25) is 5.02 Å². The normalized spacial score (nSPS) is 12.1. The summed E-state index contributed by atoms with van der Waals surface area (Å²) in [5.41, 5.74) is 6.23. The second kappa shape index (κ2) is 6.02. The van der Waals surface area contributed by atoms with Crippen LogP contribution in [0.5, 0.6) is 0 Å². The Morgan fingerprint density at radius 3 is 2.33 bits per heavy atom. The number of nitrogens with two attached hydrogens (primary N) is 1. The van der Waals surface area contributed by atoms with Gasteiger partial charge in [0.2, 0.25) is 0 Å². The molecule has 0 aromatic heterocycles. The Kier molecular flexibility index (Phi) is 4.35. The van der Waals surface area contributed by atoms with E-state index in [0.29, 0.717) is 11.3 Å².